The number of benzene rings is 1. The van der Waals surface area contributed by atoms with Crippen LogP contribution >= 0.6 is 0 Å². The predicted molar refractivity (Wildman–Crippen MR) is 100 cm³/mol. The zero-order valence-corrected chi connectivity index (χ0v) is 14.9. The molecule has 0 atom stereocenters. The second-order valence-electron chi connectivity index (χ2n) is 6.79. The number of fused-ring (bicyclic) bond motifs is 3. The molecule has 0 spiro atoms. The van der Waals surface area contributed by atoms with Gasteiger partial charge in [-0.25, -0.2) is 4.79 Å². The summed E-state index contributed by atoms with van der Waals surface area (Å²) < 4.78 is 0. The van der Waals surface area contributed by atoms with Crippen molar-refractivity contribution in [3.63, 3.8) is 0 Å². The number of nitrogens with one attached hydrogen (secondary N) is 2. The molecule has 1 aliphatic carbocycles. The van der Waals surface area contributed by atoms with Gasteiger partial charge in [-0.15, -0.1) is 0 Å². The smallest absolute Gasteiger partial charge is 0.345 e. The average molecular weight is 357 g/mol. The van der Waals surface area contributed by atoms with Gasteiger partial charge in [0.1, 0.15) is 5.75 Å². The third kappa shape index (κ3) is 3.43. The molecule has 3 rings (SSSR count). The van der Waals surface area contributed by atoms with Crippen LogP contribution in [-0.4, -0.2) is 53.3 Å². The van der Waals surface area contributed by atoms with E-state index in [2.05, 4.69) is 21.3 Å². The van der Waals surface area contributed by atoms with Crippen molar-refractivity contribution in [1.82, 2.24) is 9.88 Å². The van der Waals surface area contributed by atoms with E-state index in [4.69, 9.17) is 0 Å². The molecular formula is C19H23N3O4. The van der Waals surface area contributed by atoms with Crippen LogP contribution in [0.2, 0.25) is 0 Å². The Labute approximate surface area is 151 Å². The number of anilines is 1. The van der Waals surface area contributed by atoms with Crippen molar-refractivity contribution in [2.45, 2.75) is 19.3 Å². The molecule has 1 heterocycles. The maximum Gasteiger partial charge on any atom is 0.345 e. The van der Waals surface area contributed by atoms with Gasteiger partial charge in [0.2, 0.25) is 0 Å². The summed E-state index contributed by atoms with van der Waals surface area (Å²) in [6.07, 6.45) is 2.06. The maximum atomic E-state index is 12.1. The van der Waals surface area contributed by atoms with Crippen LogP contribution in [0.3, 0.4) is 0 Å². The standard InChI is InChI=1S/C19H23N3O4/c1-22(2)9-8-20-12-6-7-13-11(10-12)4-3-5-14-16(13)21-18(24)15(17(14)23)19(25)26/h6-7,10,20H,3-5,8-9H2,1-2H3,(H,25,26)(H2,21,23,24). The van der Waals surface area contributed by atoms with Crippen LogP contribution in [-0.2, 0) is 12.8 Å². The molecule has 4 N–H and O–H groups in total. The van der Waals surface area contributed by atoms with E-state index >= 15 is 0 Å². The van der Waals surface area contributed by atoms with Gasteiger partial charge in [-0.2, -0.15) is 0 Å². The number of likely N-dealkylation sites (N-methyl/N-ethyl adjacent to an activating group) is 1. The Hall–Kier alpha value is -2.80. The lowest BCUT2D eigenvalue weighted by atomic mass is 9.99. The molecule has 1 aromatic carbocycles. The van der Waals surface area contributed by atoms with Crippen molar-refractivity contribution < 1.29 is 15.0 Å². The summed E-state index contributed by atoms with van der Waals surface area (Å²) in [7, 11) is 4.04. The van der Waals surface area contributed by atoms with E-state index in [0.717, 1.165) is 42.7 Å². The van der Waals surface area contributed by atoms with Gasteiger partial charge in [-0.3, -0.25) is 4.79 Å². The summed E-state index contributed by atoms with van der Waals surface area (Å²) in [5.41, 5.74) is 2.54. The Morgan fingerprint density at radius 1 is 1.31 bits per heavy atom. The number of aryl methyl sites for hydroxylation is 1. The van der Waals surface area contributed by atoms with E-state index < -0.39 is 22.8 Å². The number of carboxylic acid groups (broad SMARTS) is 1. The second-order valence-corrected chi connectivity index (χ2v) is 6.79. The summed E-state index contributed by atoms with van der Waals surface area (Å²) in [5, 5.41) is 22.9. The SMILES string of the molecule is CN(C)CCNc1ccc2c(c1)CCCc1c-2[nH]c(=O)c(C(=O)O)c1O. The van der Waals surface area contributed by atoms with E-state index in [0.29, 0.717) is 17.7 Å². The van der Waals surface area contributed by atoms with Crippen molar-refractivity contribution in [1.29, 1.82) is 0 Å². The molecule has 0 radical (unpaired) electrons. The molecule has 2 aromatic rings. The van der Waals surface area contributed by atoms with Crippen molar-refractivity contribution >= 4 is 11.7 Å². The molecule has 0 saturated carbocycles. The number of rotatable bonds is 5. The summed E-state index contributed by atoms with van der Waals surface area (Å²) in [6, 6.07) is 5.90. The van der Waals surface area contributed by atoms with E-state index in [1.54, 1.807) is 0 Å². The molecule has 0 fully saturated rings. The topological polar surface area (TPSA) is 106 Å². The van der Waals surface area contributed by atoms with E-state index in [9.17, 15) is 19.8 Å². The first kappa shape index (κ1) is 18.0. The molecule has 0 unspecified atom stereocenters. The van der Waals surface area contributed by atoms with Crippen molar-refractivity contribution in [2.24, 2.45) is 0 Å². The average Bonchev–Trinajstić information content (AvgIpc) is 2.73. The van der Waals surface area contributed by atoms with Crippen LogP contribution in [0.5, 0.6) is 5.75 Å². The quantitative estimate of drug-likeness (QED) is 0.651. The van der Waals surface area contributed by atoms with Gasteiger partial charge in [-0.05, 0) is 51.1 Å². The monoisotopic (exact) mass is 357 g/mol. The fraction of sp³-hybridized carbons (Fsp3) is 0.368. The summed E-state index contributed by atoms with van der Waals surface area (Å²) >= 11 is 0. The van der Waals surface area contributed by atoms with E-state index in [-0.39, 0.29) is 0 Å². The number of pyridine rings is 1. The Balaban J connectivity index is 2.02. The van der Waals surface area contributed by atoms with Gasteiger partial charge in [0.05, 0.1) is 5.69 Å². The largest absolute Gasteiger partial charge is 0.506 e. The van der Waals surface area contributed by atoms with E-state index in [1.165, 1.54) is 0 Å². The summed E-state index contributed by atoms with van der Waals surface area (Å²) in [4.78, 5) is 28.2. The number of aromatic hydroxyl groups is 1. The molecule has 26 heavy (non-hydrogen) atoms. The van der Waals surface area contributed by atoms with Crippen molar-refractivity contribution in [3.8, 4) is 17.0 Å². The maximum absolute atomic E-state index is 12.1. The summed E-state index contributed by atoms with van der Waals surface area (Å²) in [6.45, 7) is 1.74. The van der Waals surface area contributed by atoms with Crippen LogP contribution in [0, 0.1) is 0 Å². The lowest BCUT2D eigenvalue weighted by Crippen LogP contribution is -2.21. The number of nitrogens with zero attached hydrogens (tertiary/aromatic N) is 1. The number of carboxylic acids is 1. The lowest BCUT2D eigenvalue weighted by Gasteiger charge is -2.15. The highest BCUT2D eigenvalue weighted by atomic mass is 16.4. The Morgan fingerprint density at radius 2 is 2.08 bits per heavy atom. The molecule has 0 bridgehead atoms. The van der Waals surface area contributed by atoms with Gasteiger partial charge in [0, 0.05) is 29.9 Å². The van der Waals surface area contributed by atoms with Crippen molar-refractivity contribution in [3.05, 3.63) is 45.2 Å². The fourth-order valence-electron chi connectivity index (χ4n) is 3.33. The minimum Gasteiger partial charge on any atom is -0.506 e. The van der Waals surface area contributed by atoms with Gasteiger partial charge in [-0.1, -0.05) is 6.07 Å². The zero-order chi connectivity index (χ0) is 18.8. The molecule has 0 aliphatic heterocycles. The van der Waals surface area contributed by atoms with Crippen LogP contribution in [0.1, 0.15) is 27.9 Å². The van der Waals surface area contributed by atoms with Gasteiger partial charge >= 0.3 is 5.97 Å². The molecule has 0 amide bonds. The molecule has 138 valence electrons. The Bertz CT molecular complexity index is 902. The normalized spacial score (nSPS) is 13.0. The highest BCUT2D eigenvalue weighted by molar-refractivity contribution is 5.92. The number of aromatic nitrogens is 1. The number of H-pyrrole nitrogens is 1. The molecule has 1 aliphatic rings. The second kappa shape index (κ2) is 7.21. The zero-order valence-electron chi connectivity index (χ0n) is 14.9. The van der Waals surface area contributed by atoms with Gasteiger partial charge in [0.15, 0.2) is 5.56 Å². The first-order valence-electron chi connectivity index (χ1n) is 8.61. The molecule has 7 nitrogen and oxygen atoms in total. The number of aromatic carboxylic acids is 1. The third-order valence-corrected chi connectivity index (χ3v) is 4.64. The number of carbonyl (C=O) groups is 1. The minimum absolute atomic E-state index is 0.419. The highest BCUT2D eigenvalue weighted by Crippen LogP contribution is 2.36. The van der Waals surface area contributed by atoms with Crippen LogP contribution < -0.4 is 10.9 Å². The van der Waals surface area contributed by atoms with E-state index in [1.807, 2.05) is 26.2 Å². The summed E-state index contributed by atoms with van der Waals surface area (Å²) in [5.74, 6) is -1.84. The first-order chi connectivity index (χ1) is 12.4. The van der Waals surface area contributed by atoms with Crippen LogP contribution in [0.25, 0.3) is 11.3 Å². The first-order valence-corrected chi connectivity index (χ1v) is 8.61. The molecule has 7 heteroatoms. The van der Waals surface area contributed by atoms with Gasteiger partial charge < -0.3 is 25.4 Å². The molecular weight excluding hydrogens is 334 g/mol. The number of hydrogen-bond donors (Lipinski definition) is 4. The third-order valence-electron chi connectivity index (χ3n) is 4.64. The Morgan fingerprint density at radius 3 is 2.77 bits per heavy atom. The predicted octanol–water partition coefficient (Wildman–Crippen LogP) is 1.91. The van der Waals surface area contributed by atoms with Gasteiger partial charge in [0.25, 0.3) is 5.56 Å². The Kier molecular flexibility index (Phi) is 4.99. The minimum atomic E-state index is -1.42. The van der Waals surface area contributed by atoms with Crippen LogP contribution in [0.4, 0.5) is 5.69 Å². The number of hydrogen-bond acceptors (Lipinski definition) is 5. The lowest BCUT2D eigenvalue weighted by molar-refractivity contribution is 0.0691. The highest BCUT2D eigenvalue weighted by Gasteiger charge is 2.25. The van der Waals surface area contributed by atoms with Crippen molar-refractivity contribution in [2.75, 3.05) is 32.5 Å². The number of aromatic amines is 1. The molecule has 0 saturated heterocycles. The fourth-order valence-corrected chi connectivity index (χ4v) is 3.33. The van der Waals surface area contributed by atoms with Crippen LogP contribution in [0.15, 0.2) is 23.0 Å². The molecule has 1 aromatic heterocycles.